The Morgan fingerprint density at radius 1 is 0.613 bits per heavy atom. The molecule has 0 saturated carbocycles. The van der Waals surface area contributed by atoms with Gasteiger partial charge >= 0.3 is 0 Å². The van der Waals surface area contributed by atoms with Gasteiger partial charge in [-0.25, -0.2) is 0 Å². The summed E-state index contributed by atoms with van der Waals surface area (Å²) < 4.78 is 12.2. The number of aryl methyl sites for hydroxylation is 3. The van der Waals surface area contributed by atoms with Gasteiger partial charge in [0, 0.05) is 11.1 Å². The predicted octanol–water partition coefficient (Wildman–Crippen LogP) is 7.09. The predicted molar refractivity (Wildman–Crippen MR) is 125 cm³/mol. The van der Waals surface area contributed by atoms with Gasteiger partial charge in [-0.05, 0) is 77.9 Å². The van der Waals surface area contributed by atoms with Crippen molar-refractivity contribution in [1.82, 2.24) is 0 Å². The van der Waals surface area contributed by atoms with Gasteiger partial charge in [-0.2, -0.15) is 0 Å². The normalized spacial score (nSPS) is 17.4. The number of hydrogen-bond donors (Lipinski definition) is 0. The molecule has 0 N–H and O–H groups in total. The lowest BCUT2D eigenvalue weighted by molar-refractivity contribution is 0.402. The first-order valence-electron chi connectivity index (χ1n) is 10.7. The van der Waals surface area contributed by atoms with Crippen LogP contribution in [-0.2, 0) is 5.41 Å². The van der Waals surface area contributed by atoms with E-state index >= 15 is 0 Å². The van der Waals surface area contributed by atoms with Crippen LogP contribution in [0, 0.1) is 20.8 Å². The van der Waals surface area contributed by atoms with Crippen molar-refractivity contribution in [3.8, 4) is 28.4 Å². The number of hydrogen-bond acceptors (Lipinski definition) is 2. The van der Waals surface area contributed by atoms with E-state index in [0.29, 0.717) is 0 Å². The molecule has 1 aliphatic heterocycles. The Balaban J connectivity index is 1.85. The van der Waals surface area contributed by atoms with Crippen molar-refractivity contribution in [2.24, 2.45) is 0 Å². The molecule has 152 valence electrons. The molecule has 31 heavy (non-hydrogen) atoms. The Kier molecular flexibility index (Phi) is 3.68. The first kappa shape index (κ1) is 18.3. The number of rotatable bonds is 1. The second-order valence-electron chi connectivity index (χ2n) is 8.69. The zero-order valence-electron chi connectivity index (χ0n) is 18.2. The van der Waals surface area contributed by atoms with Crippen LogP contribution in [0.2, 0.25) is 0 Å². The highest BCUT2D eigenvalue weighted by Crippen LogP contribution is 2.62. The molecule has 0 radical (unpaired) electrons. The summed E-state index contributed by atoms with van der Waals surface area (Å²) in [4.78, 5) is 0. The van der Waals surface area contributed by atoms with Crippen LogP contribution in [0.15, 0.2) is 72.8 Å². The number of ether oxygens (including phenoxy) is 2. The van der Waals surface area contributed by atoms with Crippen molar-refractivity contribution < 1.29 is 9.47 Å². The molecule has 4 aromatic rings. The Morgan fingerprint density at radius 2 is 1.32 bits per heavy atom. The van der Waals surface area contributed by atoms with E-state index in [1.165, 1.54) is 38.9 Å². The van der Waals surface area contributed by atoms with Gasteiger partial charge in [-0.15, -0.1) is 0 Å². The lowest BCUT2D eigenvalue weighted by atomic mass is 9.65. The fourth-order valence-electron chi connectivity index (χ4n) is 5.51. The van der Waals surface area contributed by atoms with Crippen LogP contribution in [0.4, 0.5) is 0 Å². The molecule has 0 fully saturated rings. The summed E-state index contributed by atoms with van der Waals surface area (Å²) in [6.45, 7) is 6.47. The fourth-order valence-corrected chi connectivity index (χ4v) is 5.51. The maximum Gasteiger partial charge on any atom is 0.132 e. The molecule has 1 atom stereocenters. The highest BCUT2D eigenvalue weighted by atomic mass is 16.5. The summed E-state index contributed by atoms with van der Waals surface area (Å²) in [6, 6.07) is 26.3. The molecule has 2 nitrogen and oxygen atoms in total. The first-order valence-corrected chi connectivity index (χ1v) is 10.7. The van der Waals surface area contributed by atoms with Crippen LogP contribution in [0.1, 0.15) is 38.9 Å². The Bertz CT molecular complexity index is 1380. The van der Waals surface area contributed by atoms with Gasteiger partial charge in [0.25, 0.3) is 0 Å². The smallest absolute Gasteiger partial charge is 0.132 e. The molecular formula is C29H24O2. The number of methoxy groups -OCH3 is 1. The molecule has 4 aromatic carbocycles. The SMILES string of the molecule is COc1cc2c(cc1C)Oc1ccccc1C21c2ccccc2-c2cc(C)c(C)cc21. The molecule has 1 heterocycles. The van der Waals surface area contributed by atoms with Gasteiger partial charge in [0.2, 0.25) is 0 Å². The standard InChI is InChI=1S/C29H24O2/c1-17-13-21-20-9-5-6-10-22(20)29(24(21)14-18(17)2)23-11-7-8-12-26(23)31-28-15-19(3)27(30-4)16-25(28)29/h5-16H,1-4H3. The second kappa shape index (κ2) is 6.24. The van der Waals surface area contributed by atoms with Crippen molar-refractivity contribution in [3.05, 3.63) is 112 Å². The van der Waals surface area contributed by atoms with Crippen molar-refractivity contribution in [3.63, 3.8) is 0 Å². The zero-order valence-corrected chi connectivity index (χ0v) is 18.2. The monoisotopic (exact) mass is 404 g/mol. The lowest BCUT2D eigenvalue weighted by Crippen LogP contribution is -2.32. The van der Waals surface area contributed by atoms with Crippen LogP contribution < -0.4 is 9.47 Å². The molecule has 1 spiro atoms. The maximum absolute atomic E-state index is 6.47. The van der Waals surface area contributed by atoms with Gasteiger partial charge in [0.1, 0.15) is 17.2 Å². The number of fused-ring (bicyclic) bond motifs is 9. The van der Waals surface area contributed by atoms with Gasteiger partial charge < -0.3 is 9.47 Å². The summed E-state index contributed by atoms with van der Waals surface area (Å²) in [5.41, 5.74) is 10.8. The fraction of sp³-hybridized carbons (Fsp3) is 0.172. The van der Waals surface area contributed by atoms with Crippen molar-refractivity contribution in [2.45, 2.75) is 26.2 Å². The topological polar surface area (TPSA) is 18.5 Å². The van der Waals surface area contributed by atoms with Crippen LogP contribution in [0.5, 0.6) is 17.2 Å². The molecule has 6 rings (SSSR count). The third-order valence-corrected chi connectivity index (χ3v) is 7.07. The molecule has 1 aliphatic carbocycles. The van der Waals surface area contributed by atoms with E-state index in [1.807, 2.05) is 0 Å². The van der Waals surface area contributed by atoms with Crippen molar-refractivity contribution in [2.75, 3.05) is 7.11 Å². The van der Waals surface area contributed by atoms with Crippen LogP contribution in [-0.4, -0.2) is 7.11 Å². The summed E-state index contributed by atoms with van der Waals surface area (Å²) >= 11 is 0. The summed E-state index contributed by atoms with van der Waals surface area (Å²) in [5.74, 6) is 2.70. The summed E-state index contributed by atoms with van der Waals surface area (Å²) in [7, 11) is 1.74. The Labute approximate surface area is 183 Å². The van der Waals surface area contributed by atoms with Crippen LogP contribution in [0.25, 0.3) is 11.1 Å². The minimum atomic E-state index is -0.435. The van der Waals surface area contributed by atoms with E-state index in [2.05, 4.69) is 93.6 Å². The first-order chi connectivity index (χ1) is 15.1. The van der Waals surface area contributed by atoms with Crippen molar-refractivity contribution in [1.29, 1.82) is 0 Å². The second-order valence-corrected chi connectivity index (χ2v) is 8.69. The molecule has 0 amide bonds. The van der Waals surface area contributed by atoms with Gasteiger partial charge in [0.05, 0.1) is 12.5 Å². The molecule has 0 aromatic heterocycles. The maximum atomic E-state index is 6.47. The van der Waals surface area contributed by atoms with Gasteiger partial charge in [0.15, 0.2) is 0 Å². The molecule has 1 unspecified atom stereocenters. The minimum Gasteiger partial charge on any atom is -0.496 e. The van der Waals surface area contributed by atoms with E-state index in [9.17, 15) is 0 Å². The van der Waals surface area contributed by atoms with Crippen LogP contribution in [0.3, 0.4) is 0 Å². The minimum absolute atomic E-state index is 0.435. The zero-order chi connectivity index (χ0) is 21.3. The van der Waals surface area contributed by atoms with E-state index in [4.69, 9.17) is 9.47 Å². The van der Waals surface area contributed by atoms with Gasteiger partial charge in [-0.1, -0.05) is 54.6 Å². The van der Waals surface area contributed by atoms with E-state index in [-0.39, 0.29) is 0 Å². The molecular weight excluding hydrogens is 380 g/mol. The molecule has 0 saturated heterocycles. The van der Waals surface area contributed by atoms with Gasteiger partial charge in [-0.3, -0.25) is 0 Å². The third-order valence-electron chi connectivity index (χ3n) is 7.07. The van der Waals surface area contributed by atoms with Crippen molar-refractivity contribution >= 4 is 0 Å². The van der Waals surface area contributed by atoms with Crippen LogP contribution >= 0.6 is 0 Å². The quantitative estimate of drug-likeness (QED) is 0.291. The lowest BCUT2D eigenvalue weighted by Gasteiger charge is -2.39. The largest absolute Gasteiger partial charge is 0.496 e. The highest BCUT2D eigenvalue weighted by Gasteiger charge is 2.51. The molecule has 2 aliphatic rings. The average Bonchev–Trinajstić information content (AvgIpc) is 3.04. The third kappa shape index (κ3) is 2.22. The average molecular weight is 405 g/mol. The number of para-hydroxylation sites is 1. The summed E-state index contributed by atoms with van der Waals surface area (Å²) in [6.07, 6.45) is 0. The van der Waals surface area contributed by atoms with E-state index in [1.54, 1.807) is 7.11 Å². The summed E-state index contributed by atoms with van der Waals surface area (Å²) in [5, 5.41) is 0. The molecule has 0 bridgehead atoms. The highest BCUT2D eigenvalue weighted by molar-refractivity contribution is 5.89. The Morgan fingerprint density at radius 3 is 2.13 bits per heavy atom. The van der Waals surface area contributed by atoms with E-state index in [0.717, 1.165) is 28.4 Å². The molecule has 2 heteroatoms. The Hall–Kier alpha value is -3.52. The number of benzene rings is 4. The van der Waals surface area contributed by atoms with E-state index < -0.39 is 5.41 Å².